The van der Waals surface area contributed by atoms with Gasteiger partial charge in [-0.3, -0.25) is 0 Å². The Morgan fingerprint density at radius 3 is 2.93 bits per heavy atom. The highest BCUT2D eigenvalue weighted by Crippen LogP contribution is 2.16. The number of hydrogen-bond acceptors (Lipinski definition) is 4. The lowest BCUT2D eigenvalue weighted by Gasteiger charge is -2.35. The van der Waals surface area contributed by atoms with Gasteiger partial charge in [0, 0.05) is 26.8 Å². The summed E-state index contributed by atoms with van der Waals surface area (Å²) in [6, 6.07) is 0. The number of rotatable bonds is 5. The van der Waals surface area contributed by atoms with E-state index in [0.717, 1.165) is 39.1 Å². The van der Waals surface area contributed by atoms with Crippen LogP contribution in [0.2, 0.25) is 0 Å². The summed E-state index contributed by atoms with van der Waals surface area (Å²) in [7, 11) is 1.72. The second-order valence-electron chi connectivity index (χ2n) is 4.00. The average molecular weight is 202 g/mol. The van der Waals surface area contributed by atoms with Crippen LogP contribution in [0.1, 0.15) is 12.8 Å². The van der Waals surface area contributed by atoms with Crippen molar-refractivity contribution < 1.29 is 9.84 Å². The molecule has 4 heteroatoms. The lowest BCUT2D eigenvalue weighted by Crippen LogP contribution is -2.46. The van der Waals surface area contributed by atoms with Crippen molar-refractivity contribution in [2.45, 2.75) is 18.9 Å². The van der Waals surface area contributed by atoms with Gasteiger partial charge in [0.2, 0.25) is 0 Å². The maximum atomic E-state index is 9.74. The molecule has 0 aromatic rings. The number of aliphatic hydroxyl groups is 1. The van der Waals surface area contributed by atoms with Crippen molar-refractivity contribution in [3.63, 3.8) is 0 Å². The van der Waals surface area contributed by atoms with Crippen LogP contribution in [0.3, 0.4) is 0 Å². The summed E-state index contributed by atoms with van der Waals surface area (Å²) < 4.78 is 4.99. The van der Waals surface area contributed by atoms with Gasteiger partial charge < -0.3 is 20.5 Å². The normalized spacial score (nSPS) is 29.4. The Labute approximate surface area is 86.0 Å². The molecule has 0 aliphatic carbocycles. The SMILES string of the molecule is COCCCN1CC[C@@H](CN)[C@H](O)C1. The molecule has 1 aliphatic heterocycles. The summed E-state index contributed by atoms with van der Waals surface area (Å²) in [6.45, 7) is 4.25. The number of ether oxygens (including phenoxy) is 1. The van der Waals surface area contributed by atoms with Gasteiger partial charge >= 0.3 is 0 Å². The summed E-state index contributed by atoms with van der Waals surface area (Å²) >= 11 is 0. The predicted octanol–water partition coefficient (Wildman–Crippen LogP) is -0.336. The van der Waals surface area contributed by atoms with Crippen LogP contribution in [-0.2, 0) is 4.74 Å². The van der Waals surface area contributed by atoms with Crippen LogP contribution in [0, 0.1) is 5.92 Å². The zero-order chi connectivity index (χ0) is 10.4. The van der Waals surface area contributed by atoms with E-state index in [9.17, 15) is 5.11 Å². The Hall–Kier alpha value is -0.160. The molecule has 1 rings (SSSR count). The van der Waals surface area contributed by atoms with E-state index in [4.69, 9.17) is 10.5 Å². The summed E-state index contributed by atoms with van der Waals surface area (Å²) in [5.74, 6) is 0.300. The molecule has 14 heavy (non-hydrogen) atoms. The Bertz CT molecular complexity index is 153. The van der Waals surface area contributed by atoms with E-state index in [0.29, 0.717) is 12.5 Å². The average Bonchev–Trinajstić information content (AvgIpc) is 2.18. The smallest absolute Gasteiger partial charge is 0.0707 e. The van der Waals surface area contributed by atoms with E-state index >= 15 is 0 Å². The van der Waals surface area contributed by atoms with E-state index in [1.165, 1.54) is 0 Å². The topological polar surface area (TPSA) is 58.7 Å². The minimum Gasteiger partial charge on any atom is -0.391 e. The van der Waals surface area contributed by atoms with Gasteiger partial charge in [0.1, 0.15) is 0 Å². The number of likely N-dealkylation sites (tertiary alicyclic amines) is 1. The predicted molar refractivity (Wildman–Crippen MR) is 56.1 cm³/mol. The maximum Gasteiger partial charge on any atom is 0.0707 e. The Morgan fingerprint density at radius 1 is 1.57 bits per heavy atom. The van der Waals surface area contributed by atoms with E-state index in [-0.39, 0.29) is 6.10 Å². The van der Waals surface area contributed by atoms with Crippen LogP contribution in [-0.4, -0.2) is 56.0 Å². The standard InChI is InChI=1S/C10H22N2O2/c1-14-6-2-4-12-5-3-9(7-11)10(13)8-12/h9-10,13H,2-8,11H2,1H3/t9-,10+/m0/s1. The maximum absolute atomic E-state index is 9.74. The summed E-state index contributed by atoms with van der Waals surface area (Å²) in [5, 5.41) is 9.74. The van der Waals surface area contributed by atoms with Crippen LogP contribution < -0.4 is 5.73 Å². The van der Waals surface area contributed by atoms with E-state index in [1.54, 1.807) is 7.11 Å². The third kappa shape index (κ3) is 3.53. The highest BCUT2D eigenvalue weighted by Gasteiger charge is 2.25. The van der Waals surface area contributed by atoms with Crippen molar-refractivity contribution in [3.05, 3.63) is 0 Å². The van der Waals surface area contributed by atoms with Crippen LogP contribution in [0.15, 0.2) is 0 Å². The van der Waals surface area contributed by atoms with Crippen LogP contribution in [0.25, 0.3) is 0 Å². The van der Waals surface area contributed by atoms with Gasteiger partial charge in [-0.15, -0.1) is 0 Å². The quantitative estimate of drug-likeness (QED) is 0.599. The number of piperidine rings is 1. The summed E-state index contributed by atoms with van der Waals surface area (Å²) in [6.07, 6.45) is 1.82. The fourth-order valence-corrected chi connectivity index (χ4v) is 1.96. The van der Waals surface area contributed by atoms with E-state index in [1.807, 2.05) is 0 Å². The van der Waals surface area contributed by atoms with Crippen molar-refractivity contribution in [1.29, 1.82) is 0 Å². The molecule has 1 fully saturated rings. The molecular weight excluding hydrogens is 180 g/mol. The van der Waals surface area contributed by atoms with Crippen LogP contribution in [0.4, 0.5) is 0 Å². The monoisotopic (exact) mass is 202 g/mol. The molecule has 0 radical (unpaired) electrons. The van der Waals surface area contributed by atoms with Crippen molar-refractivity contribution in [2.75, 3.05) is 39.9 Å². The van der Waals surface area contributed by atoms with Gasteiger partial charge in [-0.05, 0) is 31.8 Å². The van der Waals surface area contributed by atoms with Gasteiger partial charge in [0.25, 0.3) is 0 Å². The van der Waals surface area contributed by atoms with Gasteiger partial charge in [-0.2, -0.15) is 0 Å². The van der Waals surface area contributed by atoms with Gasteiger partial charge in [0.15, 0.2) is 0 Å². The highest BCUT2D eigenvalue weighted by atomic mass is 16.5. The first-order valence-corrected chi connectivity index (χ1v) is 5.37. The van der Waals surface area contributed by atoms with E-state index in [2.05, 4.69) is 4.90 Å². The highest BCUT2D eigenvalue weighted by molar-refractivity contribution is 4.80. The first-order valence-electron chi connectivity index (χ1n) is 5.37. The lowest BCUT2D eigenvalue weighted by atomic mass is 9.94. The number of methoxy groups -OCH3 is 1. The minimum absolute atomic E-state index is 0.240. The second-order valence-corrected chi connectivity index (χ2v) is 4.00. The molecule has 0 bridgehead atoms. The van der Waals surface area contributed by atoms with Crippen LogP contribution >= 0.6 is 0 Å². The van der Waals surface area contributed by atoms with Crippen molar-refractivity contribution in [1.82, 2.24) is 4.90 Å². The fraction of sp³-hybridized carbons (Fsp3) is 1.00. The van der Waals surface area contributed by atoms with Crippen molar-refractivity contribution >= 4 is 0 Å². The fourth-order valence-electron chi connectivity index (χ4n) is 1.96. The summed E-state index contributed by atoms with van der Waals surface area (Å²) in [4.78, 5) is 2.29. The molecule has 1 heterocycles. The van der Waals surface area contributed by atoms with Crippen LogP contribution in [0.5, 0.6) is 0 Å². The Balaban J connectivity index is 2.18. The molecule has 1 saturated heterocycles. The number of nitrogens with zero attached hydrogens (tertiary/aromatic N) is 1. The molecule has 0 aromatic carbocycles. The minimum atomic E-state index is -0.240. The summed E-state index contributed by atoms with van der Waals surface area (Å²) in [5.41, 5.74) is 5.56. The molecule has 0 saturated carbocycles. The Kier molecular flexibility index (Phi) is 5.40. The molecule has 84 valence electrons. The molecule has 0 spiro atoms. The Morgan fingerprint density at radius 2 is 2.36 bits per heavy atom. The van der Waals surface area contributed by atoms with Crippen molar-refractivity contribution in [2.24, 2.45) is 11.7 Å². The number of β-amino-alcohol motifs (C(OH)–C–C–N with tert-alkyl or cyclic N) is 1. The van der Waals surface area contributed by atoms with Crippen molar-refractivity contribution in [3.8, 4) is 0 Å². The van der Waals surface area contributed by atoms with Gasteiger partial charge in [0.05, 0.1) is 6.10 Å². The third-order valence-electron chi connectivity index (χ3n) is 2.93. The zero-order valence-corrected chi connectivity index (χ0v) is 8.98. The lowest BCUT2D eigenvalue weighted by molar-refractivity contribution is 0.0224. The molecule has 2 atom stereocenters. The molecule has 3 N–H and O–H groups in total. The number of hydrogen-bond donors (Lipinski definition) is 2. The molecule has 0 aromatic heterocycles. The van der Waals surface area contributed by atoms with Gasteiger partial charge in [-0.1, -0.05) is 0 Å². The number of nitrogens with two attached hydrogens (primary N) is 1. The van der Waals surface area contributed by atoms with Gasteiger partial charge in [-0.25, -0.2) is 0 Å². The zero-order valence-electron chi connectivity index (χ0n) is 8.98. The number of aliphatic hydroxyl groups excluding tert-OH is 1. The molecule has 1 aliphatic rings. The second kappa shape index (κ2) is 6.35. The molecular formula is C10H22N2O2. The molecule has 0 amide bonds. The first-order chi connectivity index (χ1) is 6.77. The first kappa shape index (κ1) is 11.9. The molecule has 4 nitrogen and oxygen atoms in total. The largest absolute Gasteiger partial charge is 0.391 e. The molecule has 0 unspecified atom stereocenters. The third-order valence-corrected chi connectivity index (χ3v) is 2.93. The van der Waals surface area contributed by atoms with E-state index < -0.39 is 0 Å².